The third-order valence-electron chi connectivity index (χ3n) is 3.19. The van der Waals surface area contributed by atoms with E-state index in [9.17, 15) is 5.11 Å². The zero-order chi connectivity index (χ0) is 14.0. The van der Waals surface area contributed by atoms with Crippen LogP contribution in [0.3, 0.4) is 0 Å². The molecule has 1 N–H and O–H groups in total. The Bertz CT molecular complexity index is 579. The van der Waals surface area contributed by atoms with E-state index in [1.54, 1.807) is 24.9 Å². The maximum atomic E-state index is 10.9. The van der Waals surface area contributed by atoms with E-state index in [-0.39, 0.29) is 0 Å². The summed E-state index contributed by atoms with van der Waals surface area (Å²) in [5, 5.41) is 15.2. The van der Waals surface area contributed by atoms with Gasteiger partial charge in [0.15, 0.2) is 0 Å². The molecular weight excluding hydrogens is 308 g/mol. The standard InChI is InChI=1S/C14H17BrN2O2/c1-4-17-13(12(15)9-16-17)14(2,18)10-6-5-7-11(8-10)19-3/h5-9,18H,4H2,1-3H3. The lowest BCUT2D eigenvalue weighted by Crippen LogP contribution is -2.27. The molecule has 1 heterocycles. The molecular formula is C14H17BrN2O2. The number of ether oxygens (including phenoxy) is 1. The van der Waals surface area contributed by atoms with Crippen molar-refractivity contribution in [3.8, 4) is 5.75 Å². The number of nitrogens with zero attached hydrogens (tertiary/aromatic N) is 2. The van der Waals surface area contributed by atoms with Crippen LogP contribution in [0.1, 0.15) is 25.1 Å². The van der Waals surface area contributed by atoms with Gasteiger partial charge in [0, 0.05) is 6.54 Å². The highest BCUT2D eigenvalue weighted by Gasteiger charge is 2.32. The zero-order valence-electron chi connectivity index (χ0n) is 11.2. The number of aromatic nitrogens is 2. The van der Waals surface area contributed by atoms with Gasteiger partial charge in [0.25, 0.3) is 0 Å². The van der Waals surface area contributed by atoms with E-state index in [4.69, 9.17) is 4.74 Å². The molecule has 19 heavy (non-hydrogen) atoms. The summed E-state index contributed by atoms with van der Waals surface area (Å²) in [7, 11) is 1.61. The molecule has 0 aliphatic heterocycles. The minimum Gasteiger partial charge on any atom is -0.497 e. The van der Waals surface area contributed by atoms with Crippen molar-refractivity contribution >= 4 is 15.9 Å². The summed E-state index contributed by atoms with van der Waals surface area (Å²) in [6.07, 6.45) is 1.70. The van der Waals surface area contributed by atoms with Crippen LogP contribution in [0.25, 0.3) is 0 Å². The smallest absolute Gasteiger partial charge is 0.130 e. The predicted molar refractivity (Wildman–Crippen MR) is 77.3 cm³/mol. The first-order valence-corrected chi connectivity index (χ1v) is 6.88. The third-order valence-corrected chi connectivity index (χ3v) is 3.77. The largest absolute Gasteiger partial charge is 0.497 e. The second-order valence-electron chi connectivity index (χ2n) is 4.46. The van der Waals surface area contributed by atoms with Crippen molar-refractivity contribution in [2.75, 3.05) is 7.11 Å². The first-order valence-electron chi connectivity index (χ1n) is 6.09. The van der Waals surface area contributed by atoms with Gasteiger partial charge < -0.3 is 9.84 Å². The van der Waals surface area contributed by atoms with Crippen LogP contribution in [0.5, 0.6) is 5.75 Å². The average Bonchev–Trinajstić information content (AvgIpc) is 2.80. The van der Waals surface area contributed by atoms with E-state index < -0.39 is 5.60 Å². The number of hydrogen-bond acceptors (Lipinski definition) is 3. The lowest BCUT2D eigenvalue weighted by molar-refractivity contribution is 0.0907. The second kappa shape index (κ2) is 5.35. The van der Waals surface area contributed by atoms with Crippen molar-refractivity contribution in [1.29, 1.82) is 0 Å². The van der Waals surface area contributed by atoms with Crippen LogP contribution in [-0.2, 0) is 12.1 Å². The van der Waals surface area contributed by atoms with Gasteiger partial charge in [-0.1, -0.05) is 12.1 Å². The SMILES string of the molecule is CCn1ncc(Br)c1C(C)(O)c1cccc(OC)c1. The molecule has 0 saturated heterocycles. The minimum atomic E-state index is -1.14. The lowest BCUT2D eigenvalue weighted by Gasteiger charge is -2.25. The van der Waals surface area contributed by atoms with Gasteiger partial charge in [-0.15, -0.1) is 0 Å². The Morgan fingerprint density at radius 1 is 1.47 bits per heavy atom. The molecule has 102 valence electrons. The molecule has 1 aromatic carbocycles. The van der Waals surface area contributed by atoms with E-state index in [1.807, 2.05) is 31.2 Å². The van der Waals surface area contributed by atoms with E-state index in [1.165, 1.54) is 0 Å². The Hall–Kier alpha value is -1.33. The summed E-state index contributed by atoms with van der Waals surface area (Å²) < 4.78 is 7.78. The van der Waals surface area contributed by atoms with E-state index in [0.717, 1.165) is 21.5 Å². The zero-order valence-corrected chi connectivity index (χ0v) is 12.8. The van der Waals surface area contributed by atoms with Crippen molar-refractivity contribution in [3.05, 3.63) is 46.2 Å². The van der Waals surface area contributed by atoms with Crippen molar-refractivity contribution in [1.82, 2.24) is 9.78 Å². The van der Waals surface area contributed by atoms with Crippen LogP contribution in [0.4, 0.5) is 0 Å². The number of methoxy groups -OCH3 is 1. The molecule has 1 aromatic heterocycles. The molecule has 2 rings (SSSR count). The maximum Gasteiger partial charge on any atom is 0.130 e. The monoisotopic (exact) mass is 324 g/mol. The predicted octanol–water partition coefficient (Wildman–Crippen LogP) is 2.93. The van der Waals surface area contributed by atoms with Gasteiger partial charge in [-0.25, -0.2) is 0 Å². The summed E-state index contributed by atoms with van der Waals surface area (Å²) in [5.74, 6) is 0.719. The second-order valence-corrected chi connectivity index (χ2v) is 5.32. The molecule has 0 bridgehead atoms. The Morgan fingerprint density at radius 3 is 2.84 bits per heavy atom. The highest BCUT2D eigenvalue weighted by molar-refractivity contribution is 9.10. The van der Waals surface area contributed by atoms with Gasteiger partial charge in [-0.2, -0.15) is 5.10 Å². The van der Waals surface area contributed by atoms with Crippen LogP contribution in [0.15, 0.2) is 34.9 Å². The highest BCUT2D eigenvalue weighted by Crippen LogP contribution is 2.35. The summed E-state index contributed by atoms with van der Waals surface area (Å²) >= 11 is 3.45. The Morgan fingerprint density at radius 2 is 2.21 bits per heavy atom. The lowest BCUT2D eigenvalue weighted by atomic mass is 9.92. The number of halogens is 1. The van der Waals surface area contributed by atoms with Gasteiger partial charge >= 0.3 is 0 Å². The fourth-order valence-corrected chi connectivity index (χ4v) is 2.83. The van der Waals surface area contributed by atoms with Gasteiger partial charge in [0.1, 0.15) is 11.4 Å². The summed E-state index contributed by atoms with van der Waals surface area (Å²) in [6.45, 7) is 4.45. The summed E-state index contributed by atoms with van der Waals surface area (Å²) in [4.78, 5) is 0. The first-order chi connectivity index (χ1) is 9.00. The summed E-state index contributed by atoms with van der Waals surface area (Å²) in [5.41, 5.74) is 0.367. The molecule has 0 aliphatic rings. The Balaban J connectivity index is 2.54. The molecule has 0 saturated carbocycles. The molecule has 4 nitrogen and oxygen atoms in total. The van der Waals surface area contributed by atoms with Crippen molar-refractivity contribution in [2.24, 2.45) is 0 Å². The molecule has 0 aliphatic carbocycles. The topological polar surface area (TPSA) is 47.3 Å². The van der Waals surface area contributed by atoms with Crippen LogP contribution < -0.4 is 4.74 Å². The maximum absolute atomic E-state index is 10.9. The van der Waals surface area contributed by atoms with E-state index in [2.05, 4.69) is 21.0 Å². The molecule has 5 heteroatoms. The normalized spacial score (nSPS) is 14.2. The number of benzene rings is 1. The molecule has 0 radical (unpaired) electrons. The fourth-order valence-electron chi connectivity index (χ4n) is 2.15. The molecule has 1 unspecified atom stereocenters. The third kappa shape index (κ3) is 2.53. The van der Waals surface area contributed by atoms with Crippen molar-refractivity contribution in [3.63, 3.8) is 0 Å². The van der Waals surface area contributed by atoms with Crippen molar-refractivity contribution in [2.45, 2.75) is 26.0 Å². The van der Waals surface area contributed by atoms with Crippen molar-refractivity contribution < 1.29 is 9.84 Å². The number of rotatable bonds is 4. The Labute approximate surface area is 121 Å². The summed E-state index contributed by atoms with van der Waals surface area (Å²) in [6, 6.07) is 7.43. The highest BCUT2D eigenvalue weighted by atomic mass is 79.9. The average molecular weight is 325 g/mol. The fraction of sp³-hybridized carbons (Fsp3) is 0.357. The molecule has 0 fully saturated rings. The van der Waals surface area contributed by atoms with Crippen LogP contribution >= 0.6 is 15.9 Å². The number of aliphatic hydroxyl groups is 1. The van der Waals surface area contributed by atoms with Gasteiger partial charge in [0.05, 0.1) is 23.5 Å². The van der Waals surface area contributed by atoms with E-state index in [0.29, 0.717) is 6.54 Å². The van der Waals surface area contributed by atoms with Gasteiger partial charge in [-0.3, -0.25) is 4.68 Å². The van der Waals surface area contributed by atoms with Crippen LogP contribution in [0, 0.1) is 0 Å². The van der Waals surface area contributed by atoms with Crippen LogP contribution in [0.2, 0.25) is 0 Å². The molecule has 2 aromatic rings. The quantitative estimate of drug-likeness (QED) is 0.940. The number of aryl methyl sites for hydroxylation is 1. The molecule has 0 amide bonds. The number of hydrogen-bond donors (Lipinski definition) is 1. The molecule has 0 spiro atoms. The van der Waals surface area contributed by atoms with Gasteiger partial charge in [0.2, 0.25) is 0 Å². The van der Waals surface area contributed by atoms with E-state index >= 15 is 0 Å². The molecule has 1 atom stereocenters. The minimum absolute atomic E-state index is 0.695. The first kappa shape index (κ1) is 14.1. The van der Waals surface area contributed by atoms with Crippen LogP contribution in [-0.4, -0.2) is 22.0 Å². The van der Waals surface area contributed by atoms with Gasteiger partial charge in [-0.05, 0) is 47.5 Å². The Kier molecular flexibility index (Phi) is 3.96.